The van der Waals surface area contributed by atoms with E-state index in [0.29, 0.717) is 6.04 Å². The van der Waals surface area contributed by atoms with E-state index in [1.807, 2.05) is 24.5 Å². The molecule has 0 radical (unpaired) electrons. The third kappa shape index (κ3) is 3.00. The fraction of sp³-hybridized carbons (Fsp3) is 0.357. The van der Waals surface area contributed by atoms with Gasteiger partial charge in [-0.15, -0.1) is 0 Å². The summed E-state index contributed by atoms with van der Waals surface area (Å²) in [5.74, 6) is 1.03. The smallest absolute Gasteiger partial charge is 0.117 e. The van der Waals surface area contributed by atoms with Crippen LogP contribution >= 0.6 is 15.9 Å². The van der Waals surface area contributed by atoms with Crippen molar-refractivity contribution in [2.24, 2.45) is 0 Å². The Labute approximate surface area is 115 Å². The fourth-order valence-electron chi connectivity index (χ4n) is 2.13. The number of pyridine rings is 1. The van der Waals surface area contributed by atoms with Crippen LogP contribution in [-0.2, 0) is 13.1 Å². The van der Waals surface area contributed by atoms with E-state index in [4.69, 9.17) is 4.42 Å². The minimum absolute atomic E-state index is 0.703. The molecular formula is C14H15BrN2O. The number of rotatable bonds is 5. The van der Waals surface area contributed by atoms with Gasteiger partial charge in [-0.2, -0.15) is 0 Å². The van der Waals surface area contributed by atoms with Crippen LogP contribution < -0.4 is 0 Å². The Kier molecular flexibility index (Phi) is 3.48. The highest BCUT2D eigenvalue weighted by atomic mass is 79.9. The van der Waals surface area contributed by atoms with Crippen molar-refractivity contribution in [3.05, 3.63) is 52.7 Å². The highest BCUT2D eigenvalue weighted by Gasteiger charge is 2.29. The molecule has 18 heavy (non-hydrogen) atoms. The molecule has 1 aliphatic carbocycles. The summed E-state index contributed by atoms with van der Waals surface area (Å²) in [5.41, 5.74) is 1.24. The van der Waals surface area contributed by atoms with E-state index in [1.54, 1.807) is 6.26 Å². The maximum Gasteiger partial charge on any atom is 0.117 e. The zero-order valence-corrected chi connectivity index (χ0v) is 11.6. The lowest BCUT2D eigenvalue weighted by Crippen LogP contribution is -2.24. The summed E-state index contributed by atoms with van der Waals surface area (Å²) < 4.78 is 6.47. The maximum absolute atomic E-state index is 5.44. The van der Waals surface area contributed by atoms with Crippen LogP contribution in [0.5, 0.6) is 0 Å². The summed E-state index contributed by atoms with van der Waals surface area (Å²) in [4.78, 5) is 6.68. The van der Waals surface area contributed by atoms with Crippen molar-refractivity contribution in [3.63, 3.8) is 0 Å². The molecule has 0 aliphatic heterocycles. The van der Waals surface area contributed by atoms with Gasteiger partial charge in [-0.05, 0) is 52.5 Å². The van der Waals surface area contributed by atoms with Crippen molar-refractivity contribution in [3.8, 4) is 0 Å². The molecule has 3 rings (SSSR count). The van der Waals surface area contributed by atoms with Gasteiger partial charge < -0.3 is 4.42 Å². The fourth-order valence-corrected chi connectivity index (χ4v) is 2.55. The van der Waals surface area contributed by atoms with Gasteiger partial charge >= 0.3 is 0 Å². The minimum Gasteiger partial charge on any atom is -0.468 e. The predicted octanol–water partition coefficient (Wildman–Crippen LogP) is 3.60. The standard InChI is InChI=1S/C14H15BrN2O/c15-12-6-11(7-16-8-12)9-17(13-3-4-13)10-14-2-1-5-18-14/h1-2,5-8,13H,3-4,9-10H2. The molecule has 1 aliphatic rings. The molecule has 0 atom stereocenters. The number of hydrogen-bond acceptors (Lipinski definition) is 3. The summed E-state index contributed by atoms with van der Waals surface area (Å²) in [7, 11) is 0. The summed E-state index contributed by atoms with van der Waals surface area (Å²) in [6.07, 6.45) is 8.07. The molecule has 1 saturated carbocycles. The van der Waals surface area contributed by atoms with E-state index >= 15 is 0 Å². The SMILES string of the molecule is Brc1cncc(CN(Cc2ccco2)C2CC2)c1. The van der Waals surface area contributed by atoms with E-state index in [1.165, 1.54) is 18.4 Å². The van der Waals surface area contributed by atoms with Crippen molar-refractivity contribution < 1.29 is 4.42 Å². The second kappa shape index (κ2) is 5.24. The van der Waals surface area contributed by atoms with Crippen LogP contribution in [0.4, 0.5) is 0 Å². The highest BCUT2D eigenvalue weighted by Crippen LogP contribution is 2.30. The first-order chi connectivity index (χ1) is 8.81. The van der Waals surface area contributed by atoms with Gasteiger partial charge in [0.05, 0.1) is 12.8 Å². The lowest BCUT2D eigenvalue weighted by atomic mass is 10.2. The molecule has 0 bridgehead atoms. The molecule has 94 valence electrons. The molecule has 0 N–H and O–H groups in total. The van der Waals surface area contributed by atoms with E-state index < -0.39 is 0 Å². The Morgan fingerprint density at radius 1 is 1.33 bits per heavy atom. The minimum atomic E-state index is 0.703. The number of halogens is 1. The Balaban J connectivity index is 1.70. The average molecular weight is 307 g/mol. The van der Waals surface area contributed by atoms with Gasteiger partial charge in [0.2, 0.25) is 0 Å². The average Bonchev–Trinajstić information content (AvgIpc) is 3.08. The highest BCUT2D eigenvalue weighted by molar-refractivity contribution is 9.10. The third-order valence-corrected chi connectivity index (χ3v) is 3.58. The van der Waals surface area contributed by atoms with Gasteiger partial charge in [0, 0.05) is 29.5 Å². The van der Waals surface area contributed by atoms with Gasteiger partial charge in [0.15, 0.2) is 0 Å². The van der Waals surface area contributed by atoms with Crippen LogP contribution in [0.1, 0.15) is 24.2 Å². The van der Waals surface area contributed by atoms with Gasteiger partial charge in [-0.1, -0.05) is 0 Å². The molecule has 2 aromatic rings. The van der Waals surface area contributed by atoms with Gasteiger partial charge in [0.25, 0.3) is 0 Å². The first kappa shape index (κ1) is 11.9. The molecular weight excluding hydrogens is 292 g/mol. The molecule has 3 nitrogen and oxygen atoms in total. The van der Waals surface area contributed by atoms with Crippen LogP contribution in [0.25, 0.3) is 0 Å². The molecule has 1 fully saturated rings. The van der Waals surface area contributed by atoms with Crippen LogP contribution in [0.2, 0.25) is 0 Å². The molecule has 0 saturated heterocycles. The molecule has 0 amide bonds. The first-order valence-electron chi connectivity index (χ1n) is 6.17. The number of hydrogen-bond donors (Lipinski definition) is 0. The Morgan fingerprint density at radius 2 is 2.22 bits per heavy atom. The summed E-state index contributed by atoms with van der Waals surface area (Å²) in [5, 5.41) is 0. The predicted molar refractivity (Wildman–Crippen MR) is 72.9 cm³/mol. The molecule has 4 heteroatoms. The molecule has 0 unspecified atom stereocenters. The van der Waals surface area contributed by atoms with E-state index in [0.717, 1.165) is 23.3 Å². The lowest BCUT2D eigenvalue weighted by Gasteiger charge is -2.20. The van der Waals surface area contributed by atoms with Crippen LogP contribution in [0, 0.1) is 0 Å². The van der Waals surface area contributed by atoms with Crippen molar-refractivity contribution in [1.82, 2.24) is 9.88 Å². The summed E-state index contributed by atoms with van der Waals surface area (Å²) in [6.45, 7) is 1.81. The van der Waals surface area contributed by atoms with Crippen molar-refractivity contribution >= 4 is 15.9 Å². The van der Waals surface area contributed by atoms with Crippen LogP contribution in [-0.4, -0.2) is 15.9 Å². The van der Waals surface area contributed by atoms with Crippen molar-refractivity contribution in [1.29, 1.82) is 0 Å². The van der Waals surface area contributed by atoms with Crippen molar-refractivity contribution in [2.45, 2.75) is 32.0 Å². The van der Waals surface area contributed by atoms with Crippen LogP contribution in [0.3, 0.4) is 0 Å². The summed E-state index contributed by atoms with van der Waals surface area (Å²) >= 11 is 3.47. The van der Waals surface area contributed by atoms with E-state index in [2.05, 4.69) is 31.9 Å². The molecule has 0 aromatic carbocycles. The topological polar surface area (TPSA) is 29.3 Å². The first-order valence-corrected chi connectivity index (χ1v) is 6.96. The quantitative estimate of drug-likeness (QED) is 0.845. The number of furan rings is 1. The molecule has 0 spiro atoms. The van der Waals surface area contributed by atoms with E-state index in [-0.39, 0.29) is 0 Å². The zero-order chi connectivity index (χ0) is 12.4. The Bertz CT molecular complexity index is 508. The zero-order valence-electron chi connectivity index (χ0n) is 10.1. The summed E-state index contributed by atoms with van der Waals surface area (Å²) in [6, 6.07) is 6.81. The van der Waals surface area contributed by atoms with Gasteiger partial charge in [-0.3, -0.25) is 9.88 Å². The molecule has 2 heterocycles. The lowest BCUT2D eigenvalue weighted by molar-refractivity contribution is 0.225. The van der Waals surface area contributed by atoms with Gasteiger partial charge in [-0.25, -0.2) is 0 Å². The Hall–Kier alpha value is -1.13. The largest absolute Gasteiger partial charge is 0.468 e. The van der Waals surface area contributed by atoms with E-state index in [9.17, 15) is 0 Å². The van der Waals surface area contributed by atoms with Gasteiger partial charge in [0.1, 0.15) is 5.76 Å². The van der Waals surface area contributed by atoms with Crippen molar-refractivity contribution in [2.75, 3.05) is 0 Å². The number of nitrogens with zero attached hydrogens (tertiary/aromatic N) is 2. The Morgan fingerprint density at radius 3 is 2.89 bits per heavy atom. The third-order valence-electron chi connectivity index (χ3n) is 3.15. The second-order valence-electron chi connectivity index (χ2n) is 4.73. The van der Waals surface area contributed by atoms with Crippen LogP contribution in [0.15, 0.2) is 45.7 Å². The normalized spacial score (nSPS) is 15.2. The second-order valence-corrected chi connectivity index (χ2v) is 5.64. The molecule has 2 aromatic heterocycles. The maximum atomic E-state index is 5.44. The monoisotopic (exact) mass is 306 g/mol. The number of aromatic nitrogens is 1.